The molecule has 0 bridgehead atoms. The number of hydrogen-bond donors (Lipinski definition) is 0. The molecule has 1 aliphatic heterocycles. The molecular weight excluding hydrogens is 323 g/mol. The highest BCUT2D eigenvalue weighted by molar-refractivity contribution is 5.81. The van der Waals surface area contributed by atoms with Crippen LogP contribution in [0, 0.1) is 11.7 Å². The average Bonchev–Trinajstić information content (AvgIpc) is 3.39. The highest BCUT2D eigenvalue weighted by atomic mass is 19.1. The van der Waals surface area contributed by atoms with Crippen LogP contribution in [0.25, 0.3) is 11.4 Å². The Morgan fingerprint density at radius 1 is 1.24 bits per heavy atom. The van der Waals surface area contributed by atoms with Crippen LogP contribution in [0.15, 0.2) is 28.8 Å². The van der Waals surface area contributed by atoms with Crippen LogP contribution >= 0.6 is 0 Å². The lowest BCUT2D eigenvalue weighted by atomic mass is 10.2. The zero-order valence-corrected chi connectivity index (χ0v) is 14.0. The summed E-state index contributed by atoms with van der Waals surface area (Å²) in [6.45, 7) is 3.82. The molecule has 1 saturated heterocycles. The summed E-state index contributed by atoms with van der Waals surface area (Å²) in [5.74, 6) is 1.18. The Morgan fingerprint density at radius 2 is 2.12 bits per heavy atom. The molecule has 1 amide bonds. The number of benzene rings is 1. The quantitative estimate of drug-likeness (QED) is 0.852. The second-order valence-electron chi connectivity index (χ2n) is 6.75. The first kappa shape index (κ1) is 16.2. The highest BCUT2D eigenvalue weighted by Crippen LogP contribution is 2.31. The second-order valence-corrected chi connectivity index (χ2v) is 6.75. The number of nitrogens with zero attached hydrogens (tertiary/aromatic N) is 4. The normalized spacial score (nSPS) is 19.0. The first-order valence-corrected chi connectivity index (χ1v) is 8.79. The molecule has 2 aliphatic rings. The fraction of sp³-hybridized carbons (Fsp3) is 0.500. The Hall–Kier alpha value is -2.28. The zero-order chi connectivity index (χ0) is 17.2. The summed E-state index contributed by atoms with van der Waals surface area (Å²) < 4.78 is 18.6. The first-order chi connectivity index (χ1) is 12.2. The van der Waals surface area contributed by atoms with Gasteiger partial charge in [0.1, 0.15) is 5.82 Å². The molecule has 0 unspecified atom stereocenters. The molecule has 2 heterocycles. The van der Waals surface area contributed by atoms with Crippen LogP contribution in [0.3, 0.4) is 0 Å². The molecule has 1 aliphatic carbocycles. The number of halogens is 1. The van der Waals surface area contributed by atoms with E-state index in [9.17, 15) is 9.18 Å². The van der Waals surface area contributed by atoms with Gasteiger partial charge in [0.2, 0.25) is 17.6 Å². The third-order valence-corrected chi connectivity index (χ3v) is 4.74. The van der Waals surface area contributed by atoms with Crippen molar-refractivity contribution in [3.63, 3.8) is 0 Å². The van der Waals surface area contributed by atoms with E-state index >= 15 is 0 Å². The van der Waals surface area contributed by atoms with Crippen LogP contribution in [-0.2, 0) is 11.3 Å². The maximum Gasteiger partial charge on any atom is 0.241 e. The monoisotopic (exact) mass is 344 g/mol. The molecule has 2 fully saturated rings. The summed E-state index contributed by atoms with van der Waals surface area (Å²) in [6.07, 6.45) is 3.04. The van der Waals surface area contributed by atoms with Gasteiger partial charge < -0.3 is 9.42 Å². The van der Waals surface area contributed by atoms with E-state index in [1.807, 2.05) is 4.90 Å². The standard InChI is InChI=1S/C18H21FN4O2/c19-15-4-1-3-14(11-15)17-20-16(25-21-17)12-22-7-2-8-23(10-9-22)18(24)13-5-6-13/h1,3-4,11,13H,2,5-10,12H2. The van der Waals surface area contributed by atoms with Gasteiger partial charge in [0.15, 0.2) is 0 Å². The summed E-state index contributed by atoms with van der Waals surface area (Å²) in [5.41, 5.74) is 0.604. The minimum atomic E-state index is -0.322. The number of aromatic nitrogens is 2. The van der Waals surface area contributed by atoms with E-state index in [1.165, 1.54) is 12.1 Å². The predicted octanol–water partition coefficient (Wildman–Crippen LogP) is 2.32. The van der Waals surface area contributed by atoms with Gasteiger partial charge in [-0.05, 0) is 31.4 Å². The average molecular weight is 344 g/mol. The van der Waals surface area contributed by atoms with Crippen LogP contribution in [0.2, 0.25) is 0 Å². The van der Waals surface area contributed by atoms with E-state index in [0.717, 1.165) is 45.4 Å². The number of carbonyl (C=O) groups excluding carboxylic acids is 1. The molecule has 2 aromatic rings. The van der Waals surface area contributed by atoms with E-state index in [1.54, 1.807) is 12.1 Å². The van der Waals surface area contributed by atoms with Crippen LogP contribution in [0.1, 0.15) is 25.2 Å². The summed E-state index contributed by atoms with van der Waals surface area (Å²) >= 11 is 0. The third-order valence-electron chi connectivity index (χ3n) is 4.74. The van der Waals surface area contributed by atoms with Gasteiger partial charge >= 0.3 is 0 Å². The molecule has 4 rings (SSSR count). The highest BCUT2D eigenvalue weighted by Gasteiger charge is 2.34. The molecule has 7 heteroatoms. The zero-order valence-electron chi connectivity index (χ0n) is 14.0. The van der Waals surface area contributed by atoms with E-state index < -0.39 is 0 Å². The molecule has 1 aromatic carbocycles. The summed E-state index contributed by atoms with van der Waals surface area (Å²) in [6, 6.07) is 6.16. The van der Waals surface area contributed by atoms with Crippen LogP contribution in [-0.4, -0.2) is 52.0 Å². The van der Waals surface area contributed by atoms with Crippen molar-refractivity contribution in [3.8, 4) is 11.4 Å². The van der Waals surface area contributed by atoms with E-state index in [2.05, 4.69) is 15.0 Å². The van der Waals surface area contributed by atoms with Gasteiger partial charge in [0.25, 0.3) is 0 Å². The van der Waals surface area contributed by atoms with Crippen molar-refractivity contribution in [1.82, 2.24) is 19.9 Å². The number of rotatable bonds is 4. The lowest BCUT2D eigenvalue weighted by Gasteiger charge is -2.21. The van der Waals surface area contributed by atoms with Crippen molar-refractivity contribution < 1.29 is 13.7 Å². The third kappa shape index (κ3) is 3.87. The number of hydrogen-bond acceptors (Lipinski definition) is 5. The SMILES string of the molecule is O=C(C1CC1)N1CCCN(Cc2nc(-c3cccc(F)c3)no2)CC1. The van der Waals surface area contributed by atoms with Crippen molar-refractivity contribution >= 4 is 5.91 Å². The summed E-state index contributed by atoms with van der Waals surface area (Å²) in [7, 11) is 0. The molecule has 0 radical (unpaired) electrons. The van der Waals surface area contributed by atoms with Gasteiger partial charge in [-0.2, -0.15) is 4.98 Å². The van der Waals surface area contributed by atoms with Crippen molar-refractivity contribution in [2.75, 3.05) is 26.2 Å². The molecule has 0 N–H and O–H groups in total. The van der Waals surface area contributed by atoms with E-state index in [4.69, 9.17) is 4.52 Å². The molecule has 132 valence electrons. The largest absolute Gasteiger partial charge is 0.341 e. The fourth-order valence-electron chi connectivity index (χ4n) is 3.19. The number of carbonyl (C=O) groups is 1. The lowest BCUT2D eigenvalue weighted by Crippen LogP contribution is -2.36. The Kier molecular flexibility index (Phi) is 4.48. The van der Waals surface area contributed by atoms with Crippen LogP contribution in [0.5, 0.6) is 0 Å². The molecule has 1 aromatic heterocycles. The van der Waals surface area contributed by atoms with E-state index in [-0.39, 0.29) is 11.7 Å². The van der Waals surface area contributed by atoms with Crippen LogP contribution < -0.4 is 0 Å². The minimum Gasteiger partial charge on any atom is -0.341 e. The first-order valence-electron chi connectivity index (χ1n) is 8.79. The Labute approximate surface area is 145 Å². The Morgan fingerprint density at radius 3 is 2.92 bits per heavy atom. The Bertz CT molecular complexity index is 759. The van der Waals surface area contributed by atoms with E-state index in [0.29, 0.717) is 29.7 Å². The molecule has 1 saturated carbocycles. The minimum absolute atomic E-state index is 0.274. The van der Waals surface area contributed by atoms with Gasteiger partial charge in [0, 0.05) is 37.7 Å². The van der Waals surface area contributed by atoms with Crippen molar-refractivity contribution in [2.45, 2.75) is 25.8 Å². The summed E-state index contributed by atoms with van der Waals surface area (Å²) in [5, 5.41) is 3.95. The van der Waals surface area contributed by atoms with Gasteiger partial charge in [0.05, 0.1) is 6.54 Å². The van der Waals surface area contributed by atoms with Gasteiger partial charge in [-0.3, -0.25) is 9.69 Å². The fourth-order valence-corrected chi connectivity index (χ4v) is 3.19. The Balaban J connectivity index is 1.37. The van der Waals surface area contributed by atoms with Gasteiger partial charge in [-0.15, -0.1) is 0 Å². The topological polar surface area (TPSA) is 62.5 Å². The smallest absolute Gasteiger partial charge is 0.241 e. The molecular formula is C18H21FN4O2. The van der Waals surface area contributed by atoms with Crippen molar-refractivity contribution in [2.24, 2.45) is 5.92 Å². The molecule has 0 atom stereocenters. The maximum absolute atomic E-state index is 13.3. The molecule has 25 heavy (non-hydrogen) atoms. The van der Waals surface area contributed by atoms with Gasteiger partial charge in [-0.1, -0.05) is 17.3 Å². The van der Waals surface area contributed by atoms with Crippen molar-refractivity contribution in [3.05, 3.63) is 36.0 Å². The molecule has 0 spiro atoms. The predicted molar refractivity (Wildman–Crippen MR) is 88.9 cm³/mol. The summed E-state index contributed by atoms with van der Waals surface area (Å²) in [4.78, 5) is 20.8. The second kappa shape index (κ2) is 6.92. The lowest BCUT2D eigenvalue weighted by molar-refractivity contribution is -0.132. The van der Waals surface area contributed by atoms with Crippen LogP contribution in [0.4, 0.5) is 4.39 Å². The maximum atomic E-state index is 13.3. The van der Waals surface area contributed by atoms with Gasteiger partial charge in [-0.25, -0.2) is 4.39 Å². The molecule has 6 nitrogen and oxygen atoms in total. The van der Waals surface area contributed by atoms with Crippen molar-refractivity contribution in [1.29, 1.82) is 0 Å². The number of amides is 1.